The molecule has 0 fully saturated rings. The lowest BCUT2D eigenvalue weighted by Gasteiger charge is -2.02. The molecule has 2 heterocycles. The molecule has 2 aromatic rings. The van der Waals surface area contributed by atoms with Crippen LogP contribution in [0.15, 0.2) is 20.1 Å². The minimum absolute atomic E-state index is 0.134. The number of aromatic amines is 2. The first-order valence-electron chi connectivity index (χ1n) is 3.98. The standard InChI is InChI=1S/C8H6BrN3O3/c1-15-7-3(9)2-4-5(11-7)6(13)12-8(14)10-4/h2H,1H3,(H2,10,12,13,14). The van der Waals surface area contributed by atoms with E-state index in [1.807, 2.05) is 0 Å². The number of rotatable bonds is 1. The number of aromatic nitrogens is 3. The number of nitrogens with one attached hydrogen (secondary N) is 2. The third-order valence-corrected chi connectivity index (χ3v) is 2.40. The molecule has 2 rings (SSSR count). The summed E-state index contributed by atoms with van der Waals surface area (Å²) in [6.07, 6.45) is 0. The van der Waals surface area contributed by atoms with Crippen molar-refractivity contribution < 1.29 is 4.74 Å². The average molecular weight is 272 g/mol. The van der Waals surface area contributed by atoms with Crippen LogP contribution in [0.25, 0.3) is 11.0 Å². The Labute approximate surface area is 91.4 Å². The maximum atomic E-state index is 11.4. The number of ether oxygens (including phenoxy) is 1. The summed E-state index contributed by atoms with van der Waals surface area (Å²) >= 11 is 3.20. The molecular weight excluding hydrogens is 266 g/mol. The second-order valence-corrected chi connectivity index (χ2v) is 3.64. The number of hydrogen-bond acceptors (Lipinski definition) is 4. The first-order chi connectivity index (χ1) is 7.11. The molecule has 0 saturated heterocycles. The summed E-state index contributed by atoms with van der Waals surface area (Å²) in [5.74, 6) is 0.292. The van der Waals surface area contributed by atoms with Gasteiger partial charge in [0.05, 0.1) is 17.1 Å². The van der Waals surface area contributed by atoms with E-state index < -0.39 is 11.2 Å². The van der Waals surface area contributed by atoms with Gasteiger partial charge in [0.1, 0.15) is 0 Å². The number of pyridine rings is 1. The molecule has 0 aliphatic carbocycles. The van der Waals surface area contributed by atoms with Crippen LogP contribution in [-0.4, -0.2) is 22.1 Å². The number of methoxy groups -OCH3 is 1. The second kappa shape index (κ2) is 3.50. The summed E-state index contributed by atoms with van der Waals surface area (Å²) in [7, 11) is 1.44. The molecule has 0 radical (unpaired) electrons. The lowest BCUT2D eigenvalue weighted by molar-refractivity contribution is 0.396. The molecule has 0 saturated carbocycles. The fraction of sp³-hybridized carbons (Fsp3) is 0.125. The molecule has 2 aromatic heterocycles. The number of nitrogens with zero attached hydrogens (tertiary/aromatic N) is 1. The molecular formula is C8H6BrN3O3. The van der Waals surface area contributed by atoms with Crippen molar-refractivity contribution in [1.29, 1.82) is 0 Å². The van der Waals surface area contributed by atoms with Gasteiger partial charge in [0.25, 0.3) is 5.56 Å². The summed E-state index contributed by atoms with van der Waals surface area (Å²) in [4.78, 5) is 30.9. The largest absolute Gasteiger partial charge is 0.480 e. The van der Waals surface area contributed by atoms with Gasteiger partial charge in [-0.15, -0.1) is 0 Å². The molecule has 0 amide bonds. The number of halogens is 1. The highest BCUT2D eigenvalue weighted by atomic mass is 79.9. The molecule has 7 heteroatoms. The first-order valence-corrected chi connectivity index (χ1v) is 4.78. The molecule has 0 aliphatic heterocycles. The third-order valence-electron chi connectivity index (χ3n) is 1.83. The van der Waals surface area contributed by atoms with Gasteiger partial charge in [0.15, 0.2) is 5.52 Å². The van der Waals surface area contributed by atoms with E-state index in [0.717, 1.165) is 0 Å². The fourth-order valence-corrected chi connectivity index (χ4v) is 1.68. The Balaban J connectivity index is 2.94. The topological polar surface area (TPSA) is 87.8 Å². The third kappa shape index (κ3) is 1.65. The summed E-state index contributed by atoms with van der Waals surface area (Å²) < 4.78 is 5.50. The minimum Gasteiger partial charge on any atom is -0.480 e. The van der Waals surface area contributed by atoms with Crippen molar-refractivity contribution in [2.45, 2.75) is 0 Å². The van der Waals surface area contributed by atoms with E-state index >= 15 is 0 Å². The van der Waals surface area contributed by atoms with Crippen LogP contribution >= 0.6 is 15.9 Å². The van der Waals surface area contributed by atoms with Crippen LogP contribution in [0.4, 0.5) is 0 Å². The van der Waals surface area contributed by atoms with E-state index in [2.05, 4.69) is 30.9 Å². The van der Waals surface area contributed by atoms with E-state index in [4.69, 9.17) is 4.74 Å². The van der Waals surface area contributed by atoms with Crippen LogP contribution in [0.2, 0.25) is 0 Å². The van der Waals surface area contributed by atoms with E-state index in [0.29, 0.717) is 15.9 Å². The Hall–Kier alpha value is -1.63. The molecule has 15 heavy (non-hydrogen) atoms. The molecule has 2 N–H and O–H groups in total. The summed E-state index contributed by atoms with van der Waals surface area (Å²) in [6, 6.07) is 1.57. The van der Waals surface area contributed by atoms with Gasteiger partial charge in [-0.25, -0.2) is 9.78 Å². The normalized spacial score (nSPS) is 10.5. The van der Waals surface area contributed by atoms with Crippen LogP contribution in [0.5, 0.6) is 5.88 Å². The number of H-pyrrole nitrogens is 2. The van der Waals surface area contributed by atoms with E-state index in [9.17, 15) is 9.59 Å². The van der Waals surface area contributed by atoms with Gasteiger partial charge in [-0.3, -0.25) is 9.78 Å². The van der Waals surface area contributed by atoms with Crippen molar-refractivity contribution in [1.82, 2.24) is 15.0 Å². The van der Waals surface area contributed by atoms with Crippen LogP contribution in [0, 0.1) is 0 Å². The molecule has 0 atom stereocenters. The molecule has 0 aliphatic rings. The van der Waals surface area contributed by atoms with Crippen molar-refractivity contribution >= 4 is 27.0 Å². The molecule has 0 bridgehead atoms. The number of hydrogen-bond donors (Lipinski definition) is 2. The Morgan fingerprint density at radius 2 is 2.13 bits per heavy atom. The SMILES string of the molecule is COc1nc2c(=O)[nH]c(=O)[nH]c2cc1Br. The first kappa shape index (κ1) is 9.91. The van der Waals surface area contributed by atoms with Crippen LogP contribution in [-0.2, 0) is 0 Å². The highest BCUT2D eigenvalue weighted by molar-refractivity contribution is 9.10. The van der Waals surface area contributed by atoms with Crippen molar-refractivity contribution in [3.63, 3.8) is 0 Å². The highest BCUT2D eigenvalue weighted by Gasteiger charge is 2.08. The summed E-state index contributed by atoms with van der Waals surface area (Å²) in [6.45, 7) is 0. The Bertz CT molecular complexity index is 631. The van der Waals surface area contributed by atoms with Gasteiger partial charge >= 0.3 is 5.69 Å². The molecule has 78 valence electrons. The van der Waals surface area contributed by atoms with Crippen LogP contribution < -0.4 is 16.0 Å². The van der Waals surface area contributed by atoms with Crippen molar-refractivity contribution in [2.75, 3.05) is 7.11 Å². The van der Waals surface area contributed by atoms with Gasteiger partial charge in [-0.2, -0.15) is 0 Å². The zero-order chi connectivity index (χ0) is 11.0. The van der Waals surface area contributed by atoms with Crippen molar-refractivity contribution in [3.8, 4) is 5.88 Å². The Morgan fingerprint density at radius 3 is 2.80 bits per heavy atom. The Kier molecular flexibility index (Phi) is 2.31. The van der Waals surface area contributed by atoms with E-state index in [-0.39, 0.29) is 5.52 Å². The van der Waals surface area contributed by atoms with Gasteiger partial charge < -0.3 is 9.72 Å². The second-order valence-electron chi connectivity index (χ2n) is 2.78. The minimum atomic E-state index is -0.564. The lowest BCUT2D eigenvalue weighted by Crippen LogP contribution is -2.22. The molecule has 0 aromatic carbocycles. The van der Waals surface area contributed by atoms with Gasteiger partial charge in [-0.05, 0) is 22.0 Å². The van der Waals surface area contributed by atoms with Crippen LogP contribution in [0.3, 0.4) is 0 Å². The molecule has 0 unspecified atom stereocenters. The monoisotopic (exact) mass is 271 g/mol. The van der Waals surface area contributed by atoms with Gasteiger partial charge in [0, 0.05) is 0 Å². The average Bonchev–Trinajstić information content (AvgIpc) is 2.16. The lowest BCUT2D eigenvalue weighted by atomic mass is 10.3. The predicted molar refractivity (Wildman–Crippen MR) is 57.2 cm³/mol. The number of fused-ring (bicyclic) bond motifs is 1. The van der Waals surface area contributed by atoms with Gasteiger partial charge in [0.2, 0.25) is 5.88 Å². The van der Waals surface area contributed by atoms with Crippen molar-refractivity contribution in [3.05, 3.63) is 31.4 Å². The zero-order valence-electron chi connectivity index (χ0n) is 7.63. The van der Waals surface area contributed by atoms with E-state index in [1.165, 1.54) is 7.11 Å². The highest BCUT2D eigenvalue weighted by Crippen LogP contribution is 2.23. The maximum absolute atomic E-state index is 11.4. The molecule has 0 spiro atoms. The quantitative estimate of drug-likeness (QED) is 0.785. The van der Waals surface area contributed by atoms with Crippen molar-refractivity contribution in [2.24, 2.45) is 0 Å². The predicted octanol–water partition coefficient (Wildman–Crippen LogP) is 0.383. The van der Waals surface area contributed by atoms with E-state index in [1.54, 1.807) is 6.07 Å². The smallest absolute Gasteiger partial charge is 0.326 e. The van der Waals surface area contributed by atoms with Gasteiger partial charge in [-0.1, -0.05) is 0 Å². The molecule has 6 nitrogen and oxygen atoms in total. The summed E-state index contributed by atoms with van der Waals surface area (Å²) in [5.41, 5.74) is -0.614. The maximum Gasteiger partial charge on any atom is 0.326 e. The summed E-state index contributed by atoms with van der Waals surface area (Å²) in [5, 5.41) is 0. The van der Waals surface area contributed by atoms with Crippen LogP contribution in [0.1, 0.15) is 0 Å². The zero-order valence-corrected chi connectivity index (χ0v) is 9.21. The fourth-order valence-electron chi connectivity index (χ4n) is 1.20. The Morgan fingerprint density at radius 1 is 1.40 bits per heavy atom.